The molecule has 0 aliphatic heterocycles. The smallest absolute Gasteiger partial charge is 0.367 e. The van der Waals surface area contributed by atoms with Crippen LogP contribution >= 0.6 is 15.2 Å². The monoisotopic (exact) mass is 352 g/mol. The van der Waals surface area contributed by atoms with Crippen molar-refractivity contribution in [1.29, 1.82) is 0 Å². The van der Waals surface area contributed by atoms with Crippen LogP contribution in [-0.4, -0.2) is 29.8 Å². The van der Waals surface area contributed by atoms with Gasteiger partial charge in [0.15, 0.2) is 0 Å². The minimum absolute atomic E-state index is 0.238. The second kappa shape index (κ2) is 6.54. The Hall–Kier alpha value is -0.520. The molecule has 0 aliphatic carbocycles. The first kappa shape index (κ1) is 19.5. The molecule has 1 atom stereocenters. The molecule has 0 aromatic heterocycles. The van der Waals surface area contributed by atoms with Gasteiger partial charge in [0.25, 0.3) is 5.08 Å². The fourth-order valence-corrected chi connectivity index (χ4v) is 4.98. The van der Waals surface area contributed by atoms with Crippen LogP contribution in [0.2, 0.25) is 0 Å². The van der Waals surface area contributed by atoms with Gasteiger partial charge < -0.3 is 24.7 Å². The van der Waals surface area contributed by atoms with Crippen LogP contribution in [0.4, 0.5) is 0 Å². The van der Waals surface area contributed by atoms with Crippen LogP contribution < -0.4 is 0 Å². The Balaban J connectivity index is 3.24. The first-order chi connectivity index (χ1) is 9.80. The van der Waals surface area contributed by atoms with E-state index in [0.717, 1.165) is 12.0 Å². The van der Waals surface area contributed by atoms with Crippen molar-refractivity contribution >= 4 is 15.2 Å². The summed E-state index contributed by atoms with van der Waals surface area (Å²) in [6, 6.07) is 6.45. The Kier molecular flexibility index (Phi) is 5.80. The van der Waals surface area contributed by atoms with E-state index >= 15 is 0 Å². The lowest BCUT2D eigenvalue weighted by atomic mass is 9.97. The summed E-state index contributed by atoms with van der Waals surface area (Å²) in [5, 5.41) is 6.65. The first-order valence-electron chi connectivity index (χ1n) is 6.73. The highest BCUT2D eigenvalue weighted by atomic mass is 31.2. The van der Waals surface area contributed by atoms with Gasteiger partial charge in [0, 0.05) is 5.92 Å². The number of benzene rings is 1. The van der Waals surface area contributed by atoms with Gasteiger partial charge in [0.05, 0.1) is 0 Å². The lowest BCUT2D eigenvalue weighted by Gasteiger charge is -2.34. The lowest BCUT2D eigenvalue weighted by Crippen LogP contribution is -2.34. The van der Waals surface area contributed by atoms with Crippen LogP contribution in [0.25, 0.3) is 0 Å². The quantitative estimate of drug-likeness (QED) is 0.494. The van der Waals surface area contributed by atoms with Gasteiger partial charge in [0.2, 0.25) is 0 Å². The number of rotatable bonds is 6. The first-order valence-corrected chi connectivity index (χ1v) is 9.95. The van der Waals surface area contributed by atoms with Crippen LogP contribution in [0.3, 0.4) is 0 Å². The van der Waals surface area contributed by atoms with Gasteiger partial charge >= 0.3 is 15.2 Å². The molecule has 7 nitrogen and oxygen atoms in total. The molecule has 0 heterocycles. The zero-order valence-corrected chi connectivity index (χ0v) is 14.4. The van der Waals surface area contributed by atoms with Crippen molar-refractivity contribution in [2.24, 2.45) is 5.92 Å². The average Bonchev–Trinajstić information content (AvgIpc) is 2.34. The third-order valence-corrected chi connectivity index (χ3v) is 7.61. The van der Waals surface area contributed by atoms with Gasteiger partial charge in [-0.1, -0.05) is 45.0 Å². The van der Waals surface area contributed by atoms with E-state index in [2.05, 4.69) is 0 Å². The Morgan fingerprint density at radius 3 is 1.68 bits per heavy atom. The molecular weight excluding hydrogens is 330 g/mol. The van der Waals surface area contributed by atoms with Crippen LogP contribution in [0, 0.1) is 5.92 Å². The van der Waals surface area contributed by atoms with Crippen molar-refractivity contribution in [2.75, 3.05) is 0 Å². The van der Waals surface area contributed by atoms with Crippen LogP contribution in [-0.2, 0) is 15.6 Å². The van der Waals surface area contributed by atoms with Gasteiger partial charge in [-0.3, -0.25) is 9.13 Å². The molecule has 0 saturated carbocycles. The summed E-state index contributed by atoms with van der Waals surface area (Å²) in [5.41, 5.74) is 1.23. The van der Waals surface area contributed by atoms with Gasteiger partial charge in [-0.15, -0.1) is 0 Å². The summed E-state index contributed by atoms with van der Waals surface area (Å²) >= 11 is 0. The van der Waals surface area contributed by atoms with Crippen LogP contribution in [0.5, 0.6) is 0 Å². The van der Waals surface area contributed by atoms with Crippen molar-refractivity contribution in [1.82, 2.24) is 0 Å². The molecule has 0 fully saturated rings. The van der Waals surface area contributed by atoms with E-state index in [1.165, 1.54) is 19.1 Å². The molecular formula is C13H22O7P2. The number of hydrogen-bond acceptors (Lipinski definition) is 3. The summed E-state index contributed by atoms with van der Waals surface area (Å²) in [7, 11) is -10.9. The van der Waals surface area contributed by atoms with E-state index in [1.807, 2.05) is 13.8 Å². The molecule has 5 N–H and O–H groups in total. The lowest BCUT2D eigenvalue weighted by molar-refractivity contribution is 0.111. The summed E-state index contributed by atoms with van der Waals surface area (Å²) in [5.74, 6) is -1.02. The topological polar surface area (TPSA) is 135 Å². The number of hydrogen-bond donors (Lipinski definition) is 5. The van der Waals surface area contributed by atoms with E-state index in [0.29, 0.717) is 5.92 Å². The number of aliphatic hydroxyl groups is 1. The average molecular weight is 352 g/mol. The minimum atomic E-state index is -5.47. The maximum Gasteiger partial charge on any atom is 0.370 e. The standard InChI is InChI=1S/C13H22O7P2/c1-9(2)8-11-4-6-12(7-5-11)10(3)13(14,21(15,16)17)22(18,19)20/h4-7,9-10,14H,8H2,1-3H3,(H2,15,16,17)(H2,18,19,20). The third kappa shape index (κ3) is 3.87. The molecule has 0 amide bonds. The highest BCUT2D eigenvalue weighted by Gasteiger charge is 2.63. The minimum Gasteiger partial charge on any atom is -0.367 e. The molecule has 0 radical (unpaired) electrons. The van der Waals surface area contributed by atoms with E-state index in [-0.39, 0.29) is 5.56 Å². The van der Waals surface area contributed by atoms with Gasteiger partial charge in [-0.25, -0.2) is 0 Å². The molecule has 1 rings (SSSR count). The highest BCUT2D eigenvalue weighted by Crippen LogP contribution is 2.72. The third-order valence-electron chi connectivity index (χ3n) is 3.56. The van der Waals surface area contributed by atoms with Crippen molar-refractivity contribution in [3.05, 3.63) is 35.4 Å². The Labute approximate surface area is 129 Å². The molecule has 1 unspecified atom stereocenters. The Morgan fingerprint density at radius 1 is 0.955 bits per heavy atom. The van der Waals surface area contributed by atoms with Crippen molar-refractivity contribution < 1.29 is 33.8 Å². The second-order valence-corrected chi connectivity index (χ2v) is 9.73. The maximum atomic E-state index is 11.5. The summed E-state index contributed by atoms with van der Waals surface area (Å²) in [4.78, 5) is 37.0. The van der Waals surface area contributed by atoms with Gasteiger partial charge in [-0.05, 0) is 23.5 Å². The van der Waals surface area contributed by atoms with E-state index in [4.69, 9.17) is 0 Å². The fraction of sp³-hybridized carbons (Fsp3) is 0.538. The van der Waals surface area contributed by atoms with E-state index in [9.17, 15) is 33.8 Å². The SMILES string of the molecule is CC(C)Cc1ccc(C(C)C(O)(P(=O)(O)O)P(=O)(O)O)cc1. The summed E-state index contributed by atoms with van der Waals surface area (Å²) in [6.07, 6.45) is 0.802. The molecule has 9 heteroatoms. The van der Waals surface area contributed by atoms with E-state index in [1.54, 1.807) is 12.1 Å². The highest BCUT2D eigenvalue weighted by molar-refractivity contribution is 7.72. The zero-order chi connectivity index (χ0) is 17.3. The van der Waals surface area contributed by atoms with Gasteiger partial charge in [-0.2, -0.15) is 0 Å². The van der Waals surface area contributed by atoms with Crippen molar-refractivity contribution in [2.45, 2.75) is 38.2 Å². The Morgan fingerprint density at radius 2 is 1.36 bits per heavy atom. The normalized spacial score (nSPS) is 15.1. The van der Waals surface area contributed by atoms with Crippen molar-refractivity contribution in [3.8, 4) is 0 Å². The molecule has 0 spiro atoms. The molecule has 22 heavy (non-hydrogen) atoms. The summed E-state index contributed by atoms with van der Waals surface area (Å²) < 4.78 is 23.0. The molecule has 0 aliphatic rings. The zero-order valence-electron chi connectivity index (χ0n) is 12.6. The second-order valence-electron chi connectivity index (χ2n) is 5.84. The molecule has 1 aromatic carbocycles. The predicted octanol–water partition coefficient (Wildman–Crippen LogP) is 1.99. The predicted molar refractivity (Wildman–Crippen MR) is 82.4 cm³/mol. The maximum absolute atomic E-state index is 11.5. The Bertz CT molecular complexity index is 577. The fourth-order valence-electron chi connectivity index (χ4n) is 2.31. The molecule has 1 aromatic rings. The van der Waals surface area contributed by atoms with Crippen molar-refractivity contribution in [3.63, 3.8) is 0 Å². The molecule has 126 valence electrons. The van der Waals surface area contributed by atoms with Gasteiger partial charge in [0.1, 0.15) is 0 Å². The molecule has 0 saturated heterocycles. The molecule has 0 bridgehead atoms. The largest absolute Gasteiger partial charge is 0.370 e. The van der Waals surface area contributed by atoms with Crippen LogP contribution in [0.1, 0.15) is 37.8 Å². The summed E-state index contributed by atoms with van der Waals surface area (Å²) in [6.45, 7) is 5.25. The van der Waals surface area contributed by atoms with E-state index < -0.39 is 26.2 Å². The van der Waals surface area contributed by atoms with Crippen LogP contribution in [0.15, 0.2) is 24.3 Å².